The van der Waals surface area contributed by atoms with E-state index in [1.807, 2.05) is 0 Å². The number of nitrogens with one attached hydrogen (secondary N) is 1. The van der Waals surface area contributed by atoms with Gasteiger partial charge in [-0.3, -0.25) is 10.2 Å². The van der Waals surface area contributed by atoms with Gasteiger partial charge in [0.2, 0.25) is 5.62 Å². The van der Waals surface area contributed by atoms with Crippen molar-refractivity contribution < 1.29 is 4.79 Å². The number of aryl methyl sites for hydroxylation is 1. The Kier molecular flexibility index (Phi) is 3.77. The quantitative estimate of drug-likeness (QED) is 0.752. The third-order valence-electron chi connectivity index (χ3n) is 3.80. The number of nitriles is 1. The van der Waals surface area contributed by atoms with Crippen LogP contribution in [-0.2, 0) is 13.6 Å². The fraction of sp³-hybridized carbons (Fsp3) is 0.118. The van der Waals surface area contributed by atoms with Crippen molar-refractivity contribution in [1.82, 2.24) is 9.13 Å². The van der Waals surface area contributed by atoms with Gasteiger partial charge in [-0.05, 0) is 42.5 Å². The lowest BCUT2D eigenvalue weighted by Gasteiger charge is -2.04. The molecule has 3 rings (SSSR count). The predicted molar refractivity (Wildman–Crippen MR) is 87.3 cm³/mol. The number of rotatable bonds is 3. The molecule has 6 heteroatoms. The van der Waals surface area contributed by atoms with Gasteiger partial charge in [-0.25, -0.2) is 0 Å². The summed E-state index contributed by atoms with van der Waals surface area (Å²) in [5.41, 5.74) is 2.77. The van der Waals surface area contributed by atoms with Crippen LogP contribution in [0.25, 0.3) is 11.0 Å². The minimum absolute atomic E-state index is 0.0592. The number of nitrogens with zero attached hydrogens (tertiary/aromatic N) is 3. The number of carbonyl (C=O) groups excluding carboxylic acids is 1. The molecule has 0 saturated carbocycles. The van der Waals surface area contributed by atoms with Crippen LogP contribution in [0, 0.1) is 16.7 Å². The number of aromatic nitrogens is 2. The van der Waals surface area contributed by atoms with Crippen LogP contribution in [0.5, 0.6) is 0 Å². The highest BCUT2D eigenvalue weighted by molar-refractivity contribution is 6.30. The van der Waals surface area contributed by atoms with Crippen LogP contribution >= 0.6 is 11.6 Å². The van der Waals surface area contributed by atoms with Crippen LogP contribution in [0.4, 0.5) is 0 Å². The Morgan fingerprint density at radius 2 is 1.91 bits per heavy atom. The molecule has 23 heavy (non-hydrogen) atoms. The van der Waals surface area contributed by atoms with E-state index in [0.717, 1.165) is 11.0 Å². The first-order valence-corrected chi connectivity index (χ1v) is 7.32. The Hall–Kier alpha value is -2.84. The molecule has 0 aliphatic rings. The van der Waals surface area contributed by atoms with Gasteiger partial charge in [0.1, 0.15) is 0 Å². The average molecular weight is 325 g/mol. The number of fused-ring (bicyclic) bond motifs is 1. The molecule has 0 unspecified atom stereocenters. The van der Waals surface area contributed by atoms with Crippen LogP contribution in [0.2, 0.25) is 5.02 Å². The molecule has 0 bridgehead atoms. The first-order valence-electron chi connectivity index (χ1n) is 6.94. The molecule has 1 N–H and O–H groups in total. The maximum Gasteiger partial charge on any atom is 0.203 e. The number of halogens is 1. The van der Waals surface area contributed by atoms with E-state index in [0.29, 0.717) is 16.1 Å². The molecule has 3 aromatic rings. The third-order valence-corrected chi connectivity index (χ3v) is 4.05. The molecule has 0 spiro atoms. The molecular weight excluding hydrogens is 312 g/mol. The summed E-state index contributed by atoms with van der Waals surface area (Å²) in [7, 11) is 1.75. The van der Waals surface area contributed by atoms with E-state index >= 15 is 0 Å². The van der Waals surface area contributed by atoms with Gasteiger partial charge in [0.25, 0.3) is 0 Å². The van der Waals surface area contributed by atoms with Gasteiger partial charge in [-0.1, -0.05) is 11.6 Å². The second kappa shape index (κ2) is 5.75. The molecule has 0 fully saturated rings. The predicted octanol–water partition coefficient (Wildman–Crippen LogP) is 2.87. The first kappa shape index (κ1) is 15.1. The number of Topliss-reactive ketones (excluding diaryl/α,β-unsaturated/α-hetero) is 1. The van der Waals surface area contributed by atoms with Gasteiger partial charge in [0.05, 0.1) is 29.2 Å². The molecule has 0 atom stereocenters. The molecule has 0 amide bonds. The minimum Gasteiger partial charge on any atom is -0.313 e. The molecule has 2 aromatic carbocycles. The normalized spacial score (nSPS) is 10.7. The summed E-state index contributed by atoms with van der Waals surface area (Å²) in [5, 5.41) is 17.8. The minimum atomic E-state index is -0.1000. The molecule has 5 nitrogen and oxygen atoms in total. The maximum absolute atomic E-state index is 12.4. The van der Waals surface area contributed by atoms with Crippen LogP contribution in [0.3, 0.4) is 0 Å². The Labute approximate surface area is 137 Å². The lowest BCUT2D eigenvalue weighted by molar-refractivity contribution is 0.0971. The van der Waals surface area contributed by atoms with E-state index < -0.39 is 0 Å². The molecule has 1 aromatic heterocycles. The molecule has 1 heterocycles. The van der Waals surface area contributed by atoms with E-state index in [1.165, 1.54) is 0 Å². The van der Waals surface area contributed by atoms with Gasteiger partial charge >= 0.3 is 0 Å². The van der Waals surface area contributed by atoms with E-state index in [2.05, 4.69) is 6.07 Å². The SMILES string of the molecule is Cn1c(=N)n(CC(=O)c2ccc(Cl)cc2)c2ccc(C#N)cc21. The summed E-state index contributed by atoms with van der Waals surface area (Å²) in [4.78, 5) is 12.4. The number of benzene rings is 2. The third kappa shape index (κ3) is 2.65. The lowest BCUT2D eigenvalue weighted by atomic mass is 10.1. The number of hydrogen-bond donors (Lipinski definition) is 1. The van der Waals surface area contributed by atoms with Crippen molar-refractivity contribution in [3.05, 3.63) is 64.2 Å². The Morgan fingerprint density at radius 3 is 2.57 bits per heavy atom. The van der Waals surface area contributed by atoms with Crippen molar-refractivity contribution in [2.24, 2.45) is 7.05 Å². The summed E-state index contributed by atoms with van der Waals surface area (Å²) in [6.45, 7) is 0.0592. The van der Waals surface area contributed by atoms with Gasteiger partial charge in [0.15, 0.2) is 5.78 Å². The van der Waals surface area contributed by atoms with Crippen molar-refractivity contribution in [2.75, 3.05) is 0 Å². The second-order valence-corrected chi connectivity index (χ2v) is 5.65. The Morgan fingerprint density at radius 1 is 1.22 bits per heavy atom. The van der Waals surface area contributed by atoms with Gasteiger partial charge < -0.3 is 9.13 Å². The molecule has 0 aliphatic heterocycles. The Bertz CT molecular complexity index is 1010. The lowest BCUT2D eigenvalue weighted by Crippen LogP contribution is -2.25. The van der Waals surface area contributed by atoms with E-state index in [9.17, 15) is 4.79 Å². The maximum atomic E-state index is 12.4. The molecule has 114 valence electrons. The summed E-state index contributed by atoms with van der Waals surface area (Å²) in [6.07, 6.45) is 0. The van der Waals surface area contributed by atoms with Crippen molar-refractivity contribution >= 4 is 28.4 Å². The molecule has 0 saturated heterocycles. The summed E-state index contributed by atoms with van der Waals surface area (Å²) >= 11 is 5.84. The monoisotopic (exact) mass is 324 g/mol. The van der Waals surface area contributed by atoms with Gasteiger partial charge in [-0.2, -0.15) is 5.26 Å². The largest absolute Gasteiger partial charge is 0.313 e. The smallest absolute Gasteiger partial charge is 0.203 e. The topological polar surface area (TPSA) is 74.6 Å². The van der Waals surface area contributed by atoms with Crippen molar-refractivity contribution in [1.29, 1.82) is 10.7 Å². The van der Waals surface area contributed by atoms with Crippen LogP contribution in [0.15, 0.2) is 42.5 Å². The first-order chi connectivity index (χ1) is 11.0. The van der Waals surface area contributed by atoms with Crippen molar-refractivity contribution in [3.8, 4) is 6.07 Å². The molecule has 0 radical (unpaired) electrons. The highest BCUT2D eigenvalue weighted by Crippen LogP contribution is 2.16. The van der Waals surface area contributed by atoms with Crippen molar-refractivity contribution in [3.63, 3.8) is 0 Å². The van der Waals surface area contributed by atoms with Crippen LogP contribution in [-0.4, -0.2) is 14.9 Å². The standard InChI is InChI=1S/C17H13ClN4O/c1-21-15-8-11(9-19)2-7-14(15)22(17(21)20)10-16(23)12-3-5-13(18)6-4-12/h2-8,20H,10H2,1H3. The molecule has 0 aliphatic carbocycles. The number of imidazole rings is 1. The van der Waals surface area contributed by atoms with Gasteiger partial charge in [0, 0.05) is 17.6 Å². The number of hydrogen-bond acceptors (Lipinski definition) is 3. The number of carbonyl (C=O) groups is 1. The van der Waals surface area contributed by atoms with Crippen LogP contribution in [0.1, 0.15) is 15.9 Å². The highest BCUT2D eigenvalue weighted by atomic mass is 35.5. The zero-order valence-electron chi connectivity index (χ0n) is 12.4. The Balaban J connectivity index is 2.05. The number of ketones is 1. The van der Waals surface area contributed by atoms with E-state index in [4.69, 9.17) is 22.3 Å². The van der Waals surface area contributed by atoms with E-state index in [1.54, 1.807) is 58.6 Å². The summed E-state index contributed by atoms with van der Waals surface area (Å²) in [5.74, 6) is -0.1000. The second-order valence-electron chi connectivity index (χ2n) is 5.21. The van der Waals surface area contributed by atoms with Gasteiger partial charge in [-0.15, -0.1) is 0 Å². The summed E-state index contributed by atoms with van der Waals surface area (Å²) in [6, 6.07) is 13.9. The van der Waals surface area contributed by atoms with E-state index in [-0.39, 0.29) is 17.9 Å². The zero-order valence-corrected chi connectivity index (χ0v) is 13.1. The summed E-state index contributed by atoms with van der Waals surface area (Å²) < 4.78 is 3.29. The van der Waals surface area contributed by atoms with Crippen molar-refractivity contribution in [2.45, 2.75) is 6.54 Å². The fourth-order valence-corrected chi connectivity index (χ4v) is 2.66. The average Bonchev–Trinajstić information content (AvgIpc) is 2.80. The highest BCUT2D eigenvalue weighted by Gasteiger charge is 2.13. The van der Waals surface area contributed by atoms with Crippen LogP contribution < -0.4 is 5.62 Å². The molecular formula is C17H13ClN4O. The fourth-order valence-electron chi connectivity index (χ4n) is 2.53. The zero-order chi connectivity index (χ0) is 16.6.